The van der Waals surface area contributed by atoms with Crippen molar-refractivity contribution in [3.8, 4) is 5.75 Å². The van der Waals surface area contributed by atoms with E-state index in [1.165, 1.54) is 12.3 Å². The monoisotopic (exact) mass is 892 g/mol. The molecule has 336 valence electrons. The number of nitrogens with zero attached hydrogens (tertiary/aromatic N) is 5. The Labute approximate surface area is 376 Å². The summed E-state index contributed by atoms with van der Waals surface area (Å²) in [5.74, 6) is -1.54. The standard InChI is InChI=1S/C46H53ClN10O7/c1-48-42(60)30-13-9-10-15-33(30)51-41-32(47)28-49-46(54-41)52-34-19-18-29(27-37(34)64-2)56-25-23-55(24-26-56)22-11-7-5-3-4-6-8-17-38(58)50-35-16-12-14-31-40(35)45(63)57(44(31)62)36-20-21-39(59)53-43(36)61/h9-10,12-16,18-19,27-28,36H,3-8,11,17,20-26H2,1-2H3,(H,48,60)(H,50,58)(H,53,59,61)(H2,49,51,52,54). The molecule has 2 fully saturated rings. The number of hydrogen-bond acceptors (Lipinski definition) is 13. The molecule has 1 unspecified atom stereocenters. The van der Waals surface area contributed by atoms with Crippen molar-refractivity contribution in [3.63, 3.8) is 0 Å². The highest BCUT2D eigenvalue weighted by molar-refractivity contribution is 6.33. The second-order valence-corrected chi connectivity index (χ2v) is 16.3. The molecule has 4 heterocycles. The lowest BCUT2D eigenvalue weighted by atomic mass is 10.0. The first-order chi connectivity index (χ1) is 31.0. The Balaban J connectivity index is 0.780. The van der Waals surface area contributed by atoms with E-state index in [0.29, 0.717) is 52.3 Å². The van der Waals surface area contributed by atoms with E-state index in [2.05, 4.69) is 52.4 Å². The van der Waals surface area contributed by atoms with Gasteiger partial charge in [-0.25, -0.2) is 4.98 Å². The number of fused-ring (bicyclic) bond motifs is 1. The third kappa shape index (κ3) is 10.8. The molecule has 7 rings (SSSR count). The fourth-order valence-corrected chi connectivity index (χ4v) is 8.37. The fraction of sp³-hybridized carbons (Fsp3) is 0.391. The molecule has 3 aliphatic rings. The van der Waals surface area contributed by atoms with Crippen LogP contribution < -0.4 is 36.2 Å². The molecule has 3 aromatic carbocycles. The first-order valence-corrected chi connectivity index (χ1v) is 22.1. The third-order valence-corrected chi connectivity index (χ3v) is 12.0. The van der Waals surface area contributed by atoms with Crippen LogP contribution in [0.1, 0.15) is 95.3 Å². The summed E-state index contributed by atoms with van der Waals surface area (Å²) in [4.78, 5) is 90.3. The Morgan fingerprint density at radius 2 is 1.58 bits per heavy atom. The Kier molecular flexibility index (Phi) is 15.0. The van der Waals surface area contributed by atoms with Crippen molar-refractivity contribution in [1.82, 2.24) is 30.4 Å². The highest BCUT2D eigenvalue weighted by atomic mass is 35.5. The minimum atomic E-state index is -1.06. The molecule has 4 aromatic rings. The van der Waals surface area contributed by atoms with E-state index >= 15 is 0 Å². The number of unbranched alkanes of at least 4 members (excludes halogenated alkanes) is 6. The zero-order valence-corrected chi connectivity index (χ0v) is 36.8. The van der Waals surface area contributed by atoms with Crippen LogP contribution in [0.25, 0.3) is 0 Å². The van der Waals surface area contributed by atoms with Crippen LogP contribution in [0.3, 0.4) is 0 Å². The molecule has 1 aromatic heterocycles. The van der Waals surface area contributed by atoms with Crippen LogP contribution in [0, 0.1) is 0 Å². The van der Waals surface area contributed by atoms with Crippen LogP contribution in [0.15, 0.2) is 66.9 Å². The summed E-state index contributed by atoms with van der Waals surface area (Å²) in [6.07, 6.45) is 9.03. The second-order valence-electron chi connectivity index (χ2n) is 15.9. The van der Waals surface area contributed by atoms with E-state index in [4.69, 9.17) is 16.3 Å². The SMILES string of the molecule is CNC(=O)c1ccccc1Nc1nc(Nc2ccc(N3CCN(CCCCCCCCCC(=O)Nc4cccc5c4C(=O)N(C4CCC(=O)NC4=O)C5=O)CC3)cc2OC)ncc1Cl. The quantitative estimate of drug-likeness (QED) is 0.0521. The van der Waals surface area contributed by atoms with E-state index in [1.54, 1.807) is 44.5 Å². The number of rotatable bonds is 19. The number of piperazine rings is 1. The van der Waals surface area contributed by atoms with Crippen molar-refractivity contribution in [1.29, 1.82) is 0 Å². The molecule has 0 bridgehead atoms. The normalized spacial score (nSPS) is 16.3. The van der Waals surface area contributed by atoms with Gasteiger partial charge in [-0.2, -0.15) is 4.98 Å². The molecule has 1 atom stereocenters. The van der Waals surface area contributed by atoms with Crippen LogP contribution in [0.4, 0.5) is 34.5 Å². The van der Waals surface area contributed by atoms with E-state index in [0.717, 1.165) is 81.8 Å². The second kappa shape index (κ2) is 21.2. The van der Waals surface area contributed by atoms with Crippen molar-refractivity contribution in [2.24, 2.45) is 0 Å². The minimum absolute atomic E-state index is 0.0359. The Morgan fingerprint density at radius 1 is 0.844 bits per heavy atom. The number of halogens is 1. The molecule has 0 spiro atoms. The van der Waals surface area contributed by atoms with Crippen LogP contribution in [-0.2, 0) is 14.4 Å². The van der Waals surface area contributed by atoms with Crippen molar-refractivity contribution in [3.05, 3.63) is 88.6 Å². The number of imide groups is 2. The summed E-state index contributed by atoms with van der Waals surface area (Å²) in [7, 11) is 3.20. The molecule has 0 saturated carbocycles. The van der Waals surface area contributed by atoms with Gasteiger partial charge in [-0.3, -0.25) is 43.9 Å². The van der Waals surface area contributed by atoms with Gasteiger partial charge in [0.05, 0.1) is 47.1 Å². The van der Waals surface area contributed by atoms with Crippen LogP contribution in [0.5, 0.6) is 5.75 Å². The Morgan fingerprint density at radius 3 is 2.33 bits per heavy atom. The highest BCUT2D eigenvalue weighted by Crippen LogP contribution is 2.35. The Hall–Kier alpha value is -6.59. The van der Waals surface area contributed by atoms with Gasteiger partial charge < -0.3 is 30.9 Å². The summed E-state index contributed by atoms with van der Waals surface area (Å²) < 4.78 is 5.76. The number of piperidine rings is 1. The van der Waals surface area contributed by atoms with Crippen LogP contribution in [0.2, 0.25) is 5.02 Å². The van der Waals surface area contributed by atoms with Crippen LogP contribution >= 0.6 is 11.6 Å². The van der Waals surface area contributed by atoms with Crippen molar-refractivity contribution in [2.75, 3.05) is 67.7 Å². The maximum absolute atomic E-state index is 13.3. The summed E-state index contributed by atoms with van der Waals surface area (Å²) >= 11 is 6.43. The maximum atomic E-state index is 13.3. The minimum Gasteiger partial charge on any atom is -0.494 e. The number of methoxy groups -OCH3 is 1. The molecule has 17 nitrogen and oxygen atoms in total. The molecule has 64 heavy (non-hydrogen) atoms. The number of ether oxygens (including phenoxy) is 1. The Bertz CT molecular complexity index is 2410. The largest absolute Gasteiger partial charge is 0.494 e. The molecule has 0 radical (unpaired) electrons. The predicted molar refractivity (Wildman–Crippen MR) is 244 cm³/mol. The molecule has 0 aliphatic carbocycles. The lowest BCUT2D eigenvalue weighted by molar-refractivity contribution is -0.136. The first kappa shape index (κ1) is 45.4. The summed E-state index contributed by atoms with van der Waals surface area (Å²) in [5, 5.41) is 14.3. The average molecular weight is 893 g/mol. The molecule has 5 N–H and O–H groups in total. The number of amides is 6. The summed E-state index contributed by atoms with van der Waals surface area (Å²) in [6, 6.07) is 16.7. The van der Waals surface area contributed by atoms with Crippen molar-refractivity contribution >= 4 is 81.6 Å². The fourth-order valence-electron chi connectivity index (χ4n) is 8.23. The molecular weight excluding hydrogens is 840 g/mol. The van der Waals surface area contributed by atoms with Crippen molar-refractivity contribution in [2.45, 2.75) is 70.3 Å². The van der Waals surface area contributed by atoms with Gasteiger partial charge in [0.2, 0.25) is 23.7 Å². The van der Waals surface area contributed by atoms with Crippen molar-refractivity contribution < 1.29 is 33.5 Å². The van der Waals surface area contributed by atoms with Gasteiger partial charge in [0.25, 0.3) is 17.7 Å². The number of benzene rings is 3. The van der Waals surface area contributed by atoms with E-state index in [-0.39, 0.29) is 41.5 Å². The summed E-state index contributed by atoms with van der Waals surface area (Å²) in [6.45, 7) is 4.79. The number of aromatic nitrogens is 2. The smallest absolute Gasteiger partial charge is 0.264 e. The average Bonchev–Trinajstić information content (AvgIpc) is 3.55. The molecule has 3 aliphatic heterocycles. The molecule has 2 saturated heterocycles. The van der Waals surface area contributed by atoms with Gasteiger partial charge in [-0.05, 0) is 62.2 Å². The zero-order chi connectivity index (χ0) is 45.2. The lowest BCUT2D eigenvalue weighted by Crippen LogP contribution is -2.54. The number of carbonyl (C=O) groups is 6. The number of carbonyl (C=O) groups excluding carboxylic acids is 6. The van der Waals surface area contributed by atoms with E-state index in [9.17, 15) is 28.8 Å². The van der Waals surface area contributed by atoms with Gasteiger partial charge in [0.15, 0.2) is 5.82 Å². The van der Waals surface area contributed by atoms with E-state index in [1.807, 2.05) is 18.2 Å². The topological polar surface area (TPSA) is 207 Å². The van der Waals surface area contributed by atoms with Crippen LogP contribution in [-0.4, -0.2) is 108 Å². The number of para-hydroxylation sites is 1. The lowest BCUT2D eigenvalue weighted by Gasteiger charge is -2.36. The molecular formula is C46H53ClN10O7. The van der Waals surface area contributed by atoms with Gasteiger partial charge in [0.1, 0.15) is 16.8 Å². The van der Waals surface area contributed by atoms with Gasteiger partial charge in [-0.15, -0.1) is 0 Å². The van der Waals surface area contributed by atoms with E-state index < -0.39 is 29.7 Å². The zero-order valence-electron chi connectivity index (χ0n) is 36.0. The molecule has 6 amide bonds. The molecule has 18 heteroatoms. The first-order valence-electron chi connectivity index (χ1n) is 21.7. The highest BCUT2D eigenvalue weighted by Gasteiger charge is 2.45. The van der Waals surface area contributed by atoms with Gasteiger partial charge in [0, 0.05) is 57.8 Å². The van der Waals surface area contributed by atoms with Gasteiger partial charge in [-0.1, -0.05) is 61.9 Å². The van der Waals surface area contributed by atoms with Gasteiger partial charge >= 0.3 is 0 Å². The number of hydrogen-bond donors (Lipinski definition) is 5. The number of anilines is 6. The number of nitrogens with one attached hydrogen (secondary N) is 5. The summed E-state index contributed by atoms with van der Waals surface area (Å²) in [5.41, 5.74) is 3.24. The third-order valence-electron chi connectivity index (χ3n) is 11.7. The maximum Gasteiger partial charge on any atom is 0.264 e. The predicted octanol–water partition coefficient (Wildman–Crippen LogP) is 6.27.